The Labute approximate surface area is 64.6 Å². The smallest absolute Gasteiger partial charge is 0.0594 e. The van der Waals surface area contributed by atoms with Gasteiger partial charge in [-0.3, -0.25) is 0 Å². The number of halogens is 1. The molecular formula is C7H13BrO. The Morgan fingerprint density at radius 2 is 2.11 bits per heavy atom. The van der Waals surface area contributed by atoms with E-state index in [1.54, 1.807) is 0 Å². The molecule has 0 aromatic carbocycles. The summed E-state index contributed by atoms with van der Waals surface area (Å²) in [6.45, 7) is 3.73. The second-order valence-corrected chi connectivity index (χ2v) is 4.70. The molecule has 0 heterocycles. The first-order valence-electron chi connectivity index (χ1n) is 3.35. The van der Waals surface area contributed by atoms with Crippen LogP contribution in [0.15, 0.2) is 0 Å². The summed E-state index contributed by atoms with van der Waals surface area (Å²) in [6, 6.07) is 0. The highest BCUT2D eigenvalue weighted by Crippen LogP contribution is 2.42. The molecule has 0 radical (unpaired) electrons. The van der Waals surface area contributed by atoms with Gasteiger partial charge in [0.1, 0.15) is 0 Å². The van der Waals surface area contributed by atoms with Gasteiger partial charge < -0.3 is 5.11 Å². The summed E-state index contributed by atoms with van der Waals surface area (Å²) in [4.78, 5) is 0.684. The van der Waals surface area contributed by atoms with Crippen LogP contribution in [0.4, 0.5) is 0 Å². The quantitative estimate of drug-likeness (QED) is 0.664. The van der Waals surface area contributed by atoms with Gasteiger partial charge in [0.2, 0.25) is 0 Å². The molecule has 1 aliphatic rings. The molecular weight excluding hydrogens is 180 g/mol. The fourth-order valence-corrected chi connectivity index (χ4v) is 1.73. The fraction of sp³-hybridized carbons (Fsp3) is 1.00. The minimum absolute atomic E-state index is 0.465. The van der Waals surface area contributed by atoms with Crippen LogP contribution in [0.1, 0.15) is 26.7 Å². The summed E-state index contributed by atoms with van der Waals surface area (Å²) < 4.78 is 0. The van der Waals surface area contributed by atoms with Crippen LogP contribution in [0.2, 0.25) is 0 Å². The van der Waals surface area contributed by atoms with Crippen LogP contribution < -0.4 is 0 Å². The molecule has 54 valence electrons. The van der Waals surface area contributed by atoms with Crippen molar-refractivity contribution < 1.29 is 5.11 Å². The zero-order valence-corrected chi connectivity index (χ0v) is 7.48. The predicted octanol–water partition coefficient (Wildman–Crippen LogP) is 1.93. The highest BCUT2D eigenvalue weighted by molar-refractivity contribution is 9.09. The Balaban J connectivity index is 2.19. The summed E-state index contributed by atoms with van der Waals surface area (Å²) in [5, 5.41) is 9.32. The van der Waals surface area contributed by atoms with Gasteiger partial charge in [0.05, 0.1) is 5.60 Å². The van der Waals surface area contributed by atoms with E-state index in [0.29, 0.717) is 4.83 Å². The molecule has 1 rings (SSSR count). The Morgan fingerprint density at radius 1 is 1.67 bits per heavy atom. The summed E-state index contributed by atoms with van der Waals surface area (Å²) in [5.41, 5.74) is -0.465. The molecule has 0 spiro atoms. The first kappa shape index (κ1) is 7.55. The summed E-state index contributed by atoms with van der Waals surface area (Å²) in [6.07, 6.45) is 2.17. The second kappa shape index (κ2) is 2.24. The van der Waals surface area contributed by atoms with Gasteiger partial charge in [0, 0.05) is 4.83 Å². The van der Waals surface area contributed by atoms with E-state index < -0.39 is 5.60 Å². The van der Waals surface area contributed by atoms with Gasteiger partial charge >= 0.3 is 0 Å². The molecule has 0 aromatic rings. The number of rotatable bonds is 2. The molecule has 0 bridgehead atoms. The van der Waals surface area contributed by atoms with Gasteiger partial charge in [-0.1, -0.05) is 15.9 Å². The highest BCUT2D eigenvalue weighted by Gasteiger charge is 2.37. The third kappa shape index (κ3) is 2.67. The minimum Gasteiger partial charge on any atom is -0.390 e. The van der Waals surface area contributed by atoms with Crippen LogP contribution in [0.25, 0.3) is 0 Å². The monoisotopic (exact) mass is 192 g/mol. The van der Waals surface area contributed by atoms with Crippen LogP contribution in [0, 0.1) is 5.92 Å². The Kier molecular flexibility index (Phi) is 1.88. The van der Waals surface area contributed by atoms with Crippen molar-refractivity contribution in [2.45, 2.75) is 37.1 Å². The Hall–Kier alpha value is 0.440. The van der Waals surface area contributed by atoms with E-state index in [-0.39, 0.29) is 0 Å². The summed E-state index contributed by atoms with van der Waals surface area (Å²) >= 11 is 3.49. The van der Waals surface area contributed by atoms with E-state index in [4.69, 9.17) is 0 Å². The zero-order valence-electron chi connectivity index (χ0n) is 5.89. The first-order chi connectivity index (χ1) is 3.99. The lowest BCUT2D eigenvalue weighted by molar-refractivity contribution is 0.0652. The maximum atomic E-state index is 9.32. The van der Waals surface area contributed by atoms with E-state index in [9.17, 15) is 5.11 Å². The molecule has 1 aliphatic carbocycles. The SMILES string of the molecule is CC(C)(O)CC1CC1Br. The maximum absolute atomic E-state index is 9.32. The van der Waals surface area contributed by atoms with Crippen molar-refractivity contribution in [3.63, 3.8) is 0 Å². The summed E-state index contributed by atoms with van der Waals surface area (Å²) in [7, 11) is 0. The standard InChI is InChI=1S/C7H13BrO/c1-7(2,9)4-5-3-6(5)8/h5-6,9H,3-4H2,1-2H3. The average Bonchev–Trinajstić information content (AvgIpc) is 2.13. The lowest BCUT2D eigenvalue weighted by atomic mass is 10.0. The predicted molar refractivity (Wildman–Crippen MR) is 41.7 cm³/mol. The maximum Gasteiger partial charge on any atom is 0.0594 e. The molecule has 0 saturated heterocycles. The van der Waals surface area contributed by atoms with Crippen molar-refractivity contribution in [2.24, 2.45) is 5.92 Å². The highest BCUT2D eigenvalue weighted by atomic mass is 79.9. The van der Waals surface area contributed by atoms with Gasteiger partial charge in [-0.05, 0) is 32.6 Å². The van der Waals surface area contributed by atoms with Crippen LogP contribution in [-0.4, -0.2) is 15.5 Å². The van der Waals surface area contributed by atoms with Crippen LogP contribution in [0.5, 0.6) is 0 Å². The lowest BCUT2D eigenvalue weighted by Gasteiger charge is -2.15. The average molecular weight is 193 g/mol. The van der Waals surface area contributed by atoms with Crippen molar-refractivity contribution >= 4 is 15.9 Å². The van der Waals surface area contributed by atoms with Crippen molar-refractivity contribution in [3.05, 3.63) is 0 Å². The van der Waals surface area contributed by atoms with Crippen molar-refractivity contribution in [3.8, 4) is 0 Å². The molecule has 1 fully saturated rings. The largest absolute Gasteiger partial charge is 0.390 e. The van der Waals surface area contributed by atoms with Gasteiger partial charge in [-0.25, -0.2) is 0 Å². The molecule has 1 N–H and O–H groups in total. The van der Waals surface area contributed by atoms with E-state index in [0.717, 1.165) is 12.3 Å². The molecule has 0 aliphatic heterocycles. The molecule has 0 amide bonds. The molecule has 2 heteroatoms. The zero-order chi connectivity index (χ0) is 7.07. The number of hydrogen-bond donors (Lipinski definition) is 1. The van der Waals surface area contributed by atoms with E-state index in [1.807, 2.05) is 13.8 Å². The fourth-order valence-electron chi connectivity index (χ4n) is 1.06. The molecule has 0 aromatic heterocycles. The lowest BCUT2D eigenvalue weighted by Crippen LogP contribution is -2.19. The third-order valence-corrected chi connectivity index (χ3v) is 2.72. The van der Waals surface area contributed by atoms with Crippen molar-refractivity contribution in [1.29, 1.82) is 0 Å². The van der Waals surface area contributed by atoms with Crippen molar-refractivity contribution in [1.82, 2.24) is 0 Å². The Bertz CT molecular complexity index is 106. The van der Waals surface area contributed by atoms with Crippen LogP contribution in [-0.2, 0) is 0 Å². The molecule has 1 saturated carbocycles. The Morgan fingerprint density at radius 3 is 2.22 bits per heavy atom. The molecule has 2 unspecified atom stereocenters. The molecule has 2 atom stereocenters. The minimum atomic E-state index is -0.465. The van der Waals surface area contributed by atoms with Gasteiger partial charge in [0.15, 0.2) is 0 Å². The number of hydrogen-bond acceptors (Lipinski definition) is 1. The molecule has 1 nitrogen and oxygen atoms in total. The topological polar surface area (TPSA) is 20.2 Å². The van der Waals surface area contributed by atoms with Crippen LogP contribution >= 0.6 is 15.9 Å². The number of aliphatic hydroxyl groups is 1. The first-order valence-corrected chi connectivity index (χ1v) is 4.27. The van der Waals surface area contributed by atoms with Gasteiger partial charge in [-0.2, -0.15) is 0 Å². The molecule has 9 heavy (non-hydrogen) atoms. The van der Waals surface area contributed by atoms with Crippen LogP contribution in [0.3, 0.4) is 0 Å². The second-order valence-electron chi connectivity index (χ2n) is 3.53. The van der Waals surface area contributed by atoms with E-state index in [2.05, 4.69) is 15.9 Å². The van der Waals surface area contributed by atoms with Crippen molar-refractivity contribution in [2.75, 3.05) is 0 Å². The third-order valence-electron chi connectivity index (χ3n) is 1.60. The van der Waals surface area contributed by atoms with E-state index in [1.165, 1.54) is 6.42 Å². The van der Waals surface area contributed by atoms with Gasteiger partial charge in [-0.15, -0.1) is 0 Å². The summed E-state index contributed by atoms with van der Waals surface area (Å²) in [5.74, 6) is 0.727. The number of alkyl halides is 1. The van der Waals surface area contributed by atoms with E-state index >= 15 is 0 Å². The van der Waals surface area contributed by atoms with Gasteiger partial charge in [0.25, 0.3) is 0 Å². The normalized spacial score (nSPS) is 34.7.